The number of hydrogen-bond donors (Lipinski definition) is 0. The summed E-state index contributed by atoms with van der Waals surface area (Å²) < 4.78 is 4.91. The molecule has 0 aliphatic heterocycles. The van der Waals surface area contributed by atoms with E-state index in [-0.39, 0.29) is 17.2 Å². The summed E-state index contributed by atoms with van der Waals surface area (Å²) >= 11 is 0. The van der Waals surface area contributed by atoms with E-state index in [1.165, 1.54) is 19.5 Å². The summed E-state index contributed by atoms with van der Waals surface area (Å²) in [5.74, 6) is 0. The molecule has 0 N–H and O–H groups in total. The van der Waals surface area contributed by atoms with Gasteiger partial charge < -0.3 is 4.74 Å². The lowest BCUT2D eigenvalue weighted by Crippen LogP contribution is -1.97. The van der Waals surface area contributed by atoms with Gasteiger partial charge >= 0.3 is 11.7 Å². The minimum Gasteiger partial charge on any atom is -0.467 e. The Bertz CT molecular complexity index is 803. The Kier molecular flexibility index (Phi) is 2.45. The van der Waals surface area contributed by atoms with Gasteiger partial charge in [-0.1, -0.05) is 0 Å². The van der Waals surface area contributed by atoms with Crippen LogP contribution in [0, 0.1) is 10.1 Å². The Morgan fingerprint density at radius 3 is 2.89 bits per heavy atom. The van der Waals surface area contributed by atoms with Gasteiger partial charge in [-0.25, -0.2) is 4.98 Å². The number of benzene rings is 1. The maximum Gasteiger partial charge on any atom is 0.316 e. The number of hydrogen-bond acceptors (Lipinski definition) is 6. The van der Waals surface area contributed by atoms with Crippen LogP contribution in [0.3, 0.4) is 0 Å². The molecule has 0 unspecified atom stereocenters. The topological polar surface area (TPSA) is 91.0 Å². The third-order valence-corrected chi connectivity index (χ3v) is 2.80. The summed E-state index contributed by atoms with van der Waals surface area (Å²) in [5.41, 5.74) is 0.200. The highest BCUT2D eigenvalue weighted by molar-refractivity contribution is 6.05. The highest BCUT2D eigenvalue weighted by Gasteiger charge is 2.19. The van der Waals surface area contributed by atoms with Gasteiger partial charge in [-0.3, -0.25) is 15.1 Å². The molecule has 0 aliphatic rings. The predicted molar refractivity (Wildman–Crippen MR) is 68.0 cm³/mol. The molecular formula is C12H8N4O3. The molecule has 3 rings (SSSR count). The zero-order valence-electron chi connectivity index (χ0n) is 9.90. The second kappa shape index (κ2) is 4.13. The van der Waals surface area contributed by atoms with Gasteiger partial charge in [0.2, 0.25) is 0 Å². The van der Waals surface area contributed by atoms with Crippen molar-refractivity contribution in [3.8, 4) is 6.01 Å². The van der Waals surface area contributed by atoms with Crippen LogP contribution in [0.4, 0.5) is 5.69 Å². The van der Waals surface area contributed by atoms with Gasteiger partial charge in [0.1, 0.15) is 0 Å². The first kappa shape index (κ1) is 11.3. The number of methoxy groups -OCH3 is 1. The molecule has 94 valence electrons. The molecule has 2 aromatic heterocycles. The molecule has 0 saturated heterocycles. The summed E-state index contributed by atoms with van der Waals surface area (Å²) in [5, 5.41) is 13.1. The molecule has 0 fully saturated rings. The maximum atomic E-state index is 11.3. The van der Waals surface area contributed by atoms with Crippen LogP contribution in [0.15, 0.2) is 30.7 Å². The van der Waals surface area contributed by atoms with Crippen LogP contribution in [-0.4, -0.2) is 27.0 Å². The van der Waals surface area contributed by atoms with Crippen molar-refractivity contribution < 1.29 is 9.66 Å². The van der Waals surface area contributed by atoms with E-state index in [1.807, 2.05) is 0 Å². The van der Waals surface area contributed by atoms with E-state index in [2.05, 4.69) is 15.0 Å². The molecule has 2 heterocycles. The Morgan fingerprint density at radius 2 is 2.16 bits per heavy atom. The first-order valence-corrected chi connectivity index (χ1v) is 5.42. The molecule has 0 bridgehead atoms. The molecule has 0 spiro atoms. The smallest absolute Gasteiger partial charge is 0.316 e. The molecule has 7 heteroatoms. The fourth-order valence-electron chi connectivity index (χ4n) is 1.99. The Balaban J connectivity index is 2.52. The second-order valence-corrected chi connectivity index (χ2v) is 3.87. The van der Waals surface area contributed by atoms with Crippen molar-refractivity contribution in [2.45, 2.75) is 0 Å². The van der Waals surface area contributed by atoms with Gasteiger partial charge in [-0.2, -0.15) is 4.98 Å². The van der Waals surface area contributed by atoms with Crippen molar-refractivity contribution in [1.82, 2.24) is 15.0 Å². The van der Waals surface area contributed by atoms with E-state index < -0.39 is 4.92 Å². The first-order chi connectivity index (χ1) is 9.20. The van der Waals surface area contributed by atoms with Crippen molar-refractivity contribution in [3.05, 3.63) is 40.8 Å². The SMILES string of the molecule is COc1ncc2cc3cnccc3c([N+](=O)[O-])c2n1. The highest BCUT2D eigenvalue weighted by atomic mass is 16.6. The number of rotatable bonds is 2. The van der Waals surface area contributed by atoms with Crippen molar-refractivity contribution in [3.63, 3.8) is 0 Å². The summed E-state index contributed by atoms with van der Waals surface area (Å²) in [6.45, 7) is 0. The van der Waals surface area contributed by atoms with E-state index in [9.17, 15) is 10.1 Å². The number of pyridine rings is 1. The predicted octanol–water partition coefficient (Wildman–Crippen LogP) is 2.09. The molecular weight excluding hydrogens is 248 g/mol. The summed E-state index contributed by atoms with van der Waals surface area (Å²) in [6.07, 6.45) is 4.59. The van der Waals surface area contributed by atoms with Crippen LogP contribution in [-0.2, 0) is 0 Å². The number of aromatic nitrogens is 3. The van der Waals surface area contributed by atoms with Crippen LogP contribution >= 0.6 is 0 Å². The lowest BCUT2D eigenvalue weighted by Gasteiger charge is -2.04. The lowest BCUT2D eigenvalue weighted by molar-refractivity contribution is -0.381. The molecule has 3 aromatic rings. The largest absolute Gasteiger partial charge is 0.467 e. The van der Waals surface area contributed by atoms with E-state index >= 15 is 0 Å². The minimum absolute atomic E-state index is 0.0596. The molecule has 1 aromatic carbocycles. The van der Waals surface area contributed by atoms with E-state index in [0.717, 1.165) is 0 Å². The molecule has 0 saturated carbocycles. The third kappa shape index (κ3) is 1.71. The van der Waals surface area contributed by atoms with Crippen LogP contribution in [0.2, 0.25) is 0 Å². The van der Waals surface area contributed by atoms with E-state index in [1.54, 1.807) is 18.3 Å². The van der Waals surface area contributed by atoms with E-state index in [4.69, 9.17) is 4.74 Å². The number of nitrogens with zero attached hydrogens (tertiary/aromatic N) is 4. The number of ether oxygens (including phenoxy) is 1. The van der Waals surface area contributed by atoms with Crippen molar-refractivity contribution in [1.29, 1.82) is 0 Å². The lowest BCUT2D eigenvalue weighted by atomic mass is 10.1. The zero-order valence-corrected chi connectivity index (χ0v) is 9.90. The standard InChI is InChI=1S/C12H8N4O3/c1-19-12-14-6-8-4-7-5-13-3-2-9(7)11(16(17)18)10(8)15-12/h2-6H,1H3. The van der Waals surface area contributed by atoms with Crippen LogP contribution in [0.25, 0.3) is 21.7 Å². The minimum atomic E-state index is -0.447. The number of non-ortho nitro benzene ring substituents is 1. The molecule has 0 atom stereocenters. The quantitative estimate of drug-likeness (QED) is 0.396. The van der Waals surface area contributed by atoms with Gasteiger partial charge in [-0.15, -0.1) is 0 Å². The number of fused-ring (bicyclic) bond motifs is 2. The highest BCUT2D eigenvalue weighted by Crippen LogP contribution is 2.33. The van der Waals surface area contributed by atoms with Gasteiger partial charge in [0.05, 0.1) is 17.4 Å². The second-order valence-electron chi connectivity index (χ2n) is 3.87. The van der Waals surface area contributed by atoms with E-state index in [0.29, 0.717) is 16.2 Å². The zero-order chi connectivity index (χ0) is 13.4. The van der Waals surface area contributed by atoms with Crippen molar-refractivity contribution in [2.75, 3.05) is 7.11 Å². The van der Waals surface area contributed by atoms with Gasteiger partial charge in [0.25, 0.3) is 0 Å². The average molecular weight is 256 g/mol. The third-order valence-electron chi connectivity index (χ3n) is 2.80. The average Bonchev–Trinajstić information content (AvgIpc) is 2.43. The normalized spacial score (nSPS) is 10.8. The maximum absolute atomic E-state index is 11.3. The molecule has 7 nitrogen and oxygen atoms in total. The molecule has 0 aliphatic carbocycles. The fraction of sp³-hybridized carbons (Fsp3) is 0.0833. The number of nitro groups is 1. The molecule has 0 amide bonds. The monoisotopic (exact) mass is 256 g/mol. The van der Waals surface area contributed by atoms with Crippen molar-refractivity contribution in [2.24, 2.45) is 0 Å². The van der Waals surface area contributed by atoms with Crippen molar-refractivity contribution >= 4 is 27.4 Å². The van der Waals surface area contributed by atoms with Crippen LogP contribution < -0.4 is 4.74 Å². The fourth-order valence-corrected chi connectivity index (χ4v) is 1.99. The van der Waals surface area contributed by atoms with Gasteiger partial charge in [0.15, 0.2) is 5.52 Å². The van der Waals surface area contributed by atoms with Gasteiger partial charge in [0, 0.05) is 29.4 Å². The first-order valence-electron chi connectivity index (χ1n) is 5.42. The Hall–Kier alpha value is -2.83. The van der Waals surface area contributed by atoms with Crippen LogP contribution in [0.5, 0.6) is 6.01 Å². The summed E-state index contributed by atoms with van der Waals surface area (Å²) in [7, 11) is 1.41. The Morgan fingerprint density at radius 1 is 1.32 bits per heavy atom. The summed E-state index contributed by atoms with van der Waals surface area (Å²) in [4.78, 5) is 22.9. The van der Waals surface area contributed by atoms with Gasteiger partial charge in [-0.05, 0) is 12.1 Å². The Labute approximate surface area is 107 Å². The number of nitro benzene ring substituents is 1. The molecule has 19 heavy (non-hydrogen) atoms. The summed E-state index contributed by atoms with van der Waals surface area (Å²) in [6, 6.07) is 3.47. The molecule has 0 radical (unpaired) electrons. The van der Waals surface area contributed by atoms with Crippen LogP contribution in [0.1, 0.15) is 0 Å².